The molecule has 1 saturated carbocycles. The largest absolute Gasteiger partial charge is 0.293 e. The normalized spacial score (nSPS) is 25.4. The predicted molar refractivity (Wildman–Crippen MR) is 125 cm³/mol. The SMILES string of the molecule is CN1CN(C)CC2(C1)C(c1ccc(Cl)cc1Cl)CCCC2c1ccc(Cl)cc1Cl. The van der Waals surface area contributed by atoms with Crippen LogP contribution in [0.3, 0.4) is 0 Å². The Morgan fingerprint density at radius 3 is 1.62 bits per heavy atom. The molecule has 29 heavy (non-hydrogen) atoms. The van der Waals surface area contributed by atoms with Gasteiger partial charge in [0.25, 0.3) is 0 Å². The lowest BCUT2D eigenvalue weighted by atomic mass is 9.55. The zero-order valence-electron chi connectivity index (χ0n) is 16.8. The molecule has 1 aliphatic carbocycles. The molecule has 2 nitrogen and oxygen atoms in total. The van der Waals surface area contributed by atoms with Crippen LogP contribution in [0.15, 0.2) is 36.4 Å². The van der Waals surface area contributed by atoms with Crippen LogP contribution >= 0.6 is 46.4 Å². The van der Waals surface area contributed by atoms with Gasteiger partial charge < -0.3 is 0 Å². The summed E-state index contributed by atoms with van der Waals surface area (Å²) in [6.07, 6.45) is 3.37. The highest BCUT2D eigenvalue weighted by atomic mass is 35.5. The number of rotatable bonds is 2. The molecule has 1 saturated heterocycles. The molecule has 0 N–H and O–H groups in total. The third kappa shape index (κ3) is 4.18. The topological polar surface area (TPSA) is 6.48 Å². The van der Waals surface area contributed by atoms with Crippen LogP contribution in [0.1, 0.15) is 42.2 Å². The maximum absolute atomic E-state index is 6.73. The second-order valence-corrected chi connectivity index (χ2v) is 10.5. The zero-order chi connectivity index (χ0) is 20.8. The fourth-order valence-electron chi connectivity index (χ4n) is 5.85. The Morgan fingerprint density at radius 1 is 0.759 bits per heavy atom. The van der Waals surface area contributed by atoms with E-state index < -0.39 is 0 Å². The van der Waals surface area contributed by atoms with Crippen LogP contribution in [0, 0.1) is 5.41 Å². The lowest BCUT2D eigenvalue weighted by Crippen LogP contribution is -2.58. The number of halogens is 4. The first-order valence-electron chi connectivity index (χ1n) is 10.1. The van der Waals surface area contributed by atoms with Crippen molar-refractivity contribution in [2.45, 2.75) is 31.1 Å². The Morgan fingerprint density at radius 2 is 1.21 bits per heavy atom. The van der Waals surface area contributed by atoms with E-state index >= 15 is 0 Å². The van der Waals surface area contributed by atoms with Gasteiger partial charge in [-0.1, -0.05) is 65.0 Å². The van der Waals surface area contributed by atoms with E-state index in [-0.39, 0.29) is 5.41 Å². The summed E-state index contributed by atoms with van der Waals surface area (Å²) >= 11 is 25.9. The highest BCUT2D eigenvalue weighted by molar-refractivity contribution is 6.35. The third-order valence-corrected chi connectivity index (χ3v) is 7.79. The molecular weight excluding hydrogens is 446 g/mol. The molecule has 0 amide bonds. The number of hydrogen-bond donors (Lipinski definition) is 0. The molecular formula is C23H26Cl4N2. The maximum atomic E-state index is 6.73. The van der Waals surface area contributed by atoms with Crippen molar-refractivity contribution >= 4 is 46.4 Å². The smallest absolute Gasteiger partial charge is 0.0501 e. The Kier molecular flexibility index (Phi) is 6.43. The average Bonchev–Trinajstić information content (AvgIpc) is 2.62. The molecule has 1 spiro atoms. The first kappa shape index (κ1) is 21.7. The third-order valence-electron chi connectivity index (χ3n) is 6.66. The summed E-state index contributed by atoms with van der Waals surface area (Å²) in [5, 5.41) is 2.89. The second kappa shape index (κ2) is 8.57. The van der Waals surface area contributed by atoms with Gasteiger partial charge in [-0.3, -0.25) is 9.80 Å². The quantitative estimate of drug-likeness (QED) is 0.457. The van der Waals surface area contributed by atoms with Gasteiger partial charge in [0.1, 0.15) is 0 Å². The summed E-state index contributed by atoms with van der Waals surface area (Å²) in [7, 11) is 4.40. The molecule has 0 aromatic heterocycles. The molecule has 0 bridgehead atoms. The van der Waals surface area contributed by atoms with E-state index in [1.165, 1.54) is 11.1 Å². The van der Waals surface area contributed by atoms with E-state index in [0.717, 1.165) is 49.1 Å². The fraction of sp³-hybridized carbons (Fsp3) is 0.478. The molecule has 2 aromatic rings. The van der Waals surface area contributed by atoms with Crippen molar-refractivity contribution in [3.63, 3.8) is 0 Å². The second-order valence-electron chi connectivity index (χ2n) is 8.77. The molecule has 6 heteroatoms. The van der Waals surface area contributed by atoms with Gasteiger partial charge in [-0.05, 0) is 74.2 Å². The Balaban J connectivity index is 1.86. The van der Waals surface area contributed by atoms with Gasteiger partial charge in [0.15, 0.2) is 0 Å². The van der Waals surface area contributed by atoms with Crippen molar-refractivity contribution in [1.82, 2.24) is 9.80 Å². The molecule has 1 heterocycles. The van der Waals surface area contributed by atoms with E-state index in [0.29, 0.717) is 21.9 Å². The van der Waals surface area contributed by atoms with Gasteiger partial charge >= 0.3 is 0 Å². The minimum absolute atomic E-state index is 0.00887. The Bertz CT molecular complexity index is 829. The molecule has 156 valence electrons. The molecule has 0 radical (unpaired) electrons. The van der Waals surface area contributed by atoms with Gasteiger partial charge in [-0.25, -0.2) is 0 Å². The molecule has 2 aromatic carbocycles. The monoisotopic (exact) mass is 470 g/mol. The number of nitrogens with zero attached hydrogens (tertiary/aromatic N) is 2. The molecule has 2 unspecified atom stereocenters. The highest BCUT2D eigenvalue weighted by Crippen LogP contribution is 2.58. The zero-order valence-corrected chi connectivity index (χ0v) is 19.8. The van der Waals surface area contributed by atoms with Gasteiger partial charge in [0.2, 0.25) is 0 Å². The molecule has 1 aliphatic heterocycles. The van der Waals surface area contributed by atoms with Gasteiger partial charge in [0.05, 0.1) is 6.67 Å². The number of hydrogen-bond acceptors (Lipinski definition) is 2. The lowest BCUT2D eigenvalue weighted by Gasteiger charge is -2.56. The molecule has 2 fully saturated rings. The van der Waals surface area contributed by atoms with Crippen LogP contribution in [0.4, 0.5) is 0 Å². The predicted octanol–water partition coefficient (Wildman–Crippen LogP) is 7.17. The first-order valence-corrected chi connectivity index (χ1v) is 11.6. The molecule has 4 rings (SSSR count). The highest BCUT2D eigenvalue weighted by Gasteiger charge is 2.52. The summed E-state index contributed by atoms with van der Waals surface area (Å²) < 4.78 is 0. The van der Waals surface area contributed by atoms with Crippen molar-refractivity contribution in [2.24, 2.45) is 5.41 Å². The van der Waals surface area contributed by atoms with E-state index in [4.69, 9.17) is 46.4 Å². The van der Waals surface area contributed by atoms with Gasteiger partial charge in [0, 0.05) is 38.6 Å². The number of benzene rings is 2. The van der Waals surface area contributed by atoms with Crippen LogP contribution in [0.25, 0.3) is 0 Å². The summed E-state index contributed by atoms with van der Waals surface area (Å²) in [5.41, 5.74) is 2.42. The first-order chi connectivity index (χ1) is 13.8. The minimum atomic E-state index is 0.00887. The van der Waals surface area contributed by atoms with Crippen molar-refractivity contribution in [2.75, 3.05) is 33.9 Å². The fourth-order valence-corrected chi connectivity index (χ4v) is 6.93. The Hall–Kier alpha value is -0.480. The summed E-state index contributed by atoms with van der Waals surface area (Å²) in [4.78, 5) is 4.84. The van der Waals surface area contributed by atoms with E-state index in [2.05, 4.69) is 36.0 Å². The standard InChI is InChI=1S/C23H26Cl4N2/c1-28-12-23(13-29(2)14-28)19(17-8-6-15(24)10-21(17)26)4-3-5-20(23)18-9-7-16(25)11-22(18)27/h6-11,19-20H,3-5,12-14H2,1-2H3. The van der Waals surface area contributed by atoms with Crippen molar-refractivity contribution in [1.29, 1.82) is 0 Å². The summed E-state index contributed by atoms with van der Waals surface area (Å²) in [6.45, 7) is 2.97. The Labute approximate surface area is 193 Å². The summed E-state index contributed by atoms with van der Waals surface area (Å²) in [5.74, 6) is 0.672. The summed E-state index contributed by atoms with van der Waals surface area (Å²) in [6, 6.07) is 11.9. The van der Waals surface area contributed by atoms with Gasteiger partial charge in [-0.15, -0.1) is 0 Å². The van der Waals surface area contributed by atoms with E-state index in [1.807, 2.05) is 24.3 Å². The molecule has 2 aliphatic rings. The minimum Gasteiger partial charge on any atom is -0.293 e. The van der Waals surface area contributed by atoms with E-state index in [1.54, 1.807) is 0 Å². The van der Waals surface area contributed by atoms with Crippen LogP contribution in [0.2, 0.25) is 20.1 Å². The maximum Gasteiger partial charge on any atom is 0.0501 e. The van der Waals surface area contributed by atoms with Crippen LogP contribution in [-0.4, -0.2) is 43.7 Å². The van der Waals surface area contributed by atoms with E-state index in [9.17, 15) is 0 Å². The molecule has 2 atom stereocenters. The average molecular weight is 472 g/mol. The van der Waals surface area contributed by atoms with Gasteiger partial charge in [-0.2, -0.15) is 0 Å². The van der Waals surface area contributed by atoms with Crippen molar-refractivity contribution in [3.8, 4) is 0 Å². The van der Waals surface area contributed by atoms with Crippen molar-refractivity contribution < 1.29 is 0 Å². The lowest BCUT2D eigenvalue weighted by molar-refractivity contribution is -0.0323. The van der Waals surface area contributed by atoms with Crippen LogP contribution < -0.4 is 0 Å². The van der Waals surface area contributed by atoms with Crippen LogP contribution in [0.5, 0.6) is 0 Å². The van der Waals surface area contributed by atoms with Crippen molar-refractivity contribution in [3.05, 3.63) is 67.6 Å². The van der Waals surface area contributed by atoms with Crippen LogP contribution in [-0.2, 0) is 0 Å².